The van der Waals surface area contributed by atoms with E-state index in [1.165, 1.54) is 4.90 Å². The molecule has 0 aliphatic rings. The highest BCUT2D eigenvalue weighted by Gasteiger charge is 2.21. The fourth-order valence-electron chi connectivity index (χ4n) is 2.57. The zero-order chi connectivity index (χ0) is 19.2. The van der Waals surface area contributed by atoms with Gasteiger partial charge in [-0.25, -0.2) is 9.97 Å². The number of amides is 1. The standard InChI is InChI=1S/C19H21N5O3/c1-13-20-11-15(18(21-13)14-7-5-4-6-8-14)19(25)24(2)12-17-22-16(23-27-17)9-10-26-3/h4-8,11H,9-10,12H2,1-3H3. The first kappa shape index (κ1) is 18.7. The molecule has 1 aromatic carbocycles. The number of aromatic nitrogens is 4. The summed E-state index contributed by atoms with van der Waals surface area (Å²) in [7, 11) is 3.29. The smallest absolute Gasteiger partial charge is 0.257 e. The molecule has 0 unspecified atom stereocenters. The van der Waals surface area contributed by atoms with E-state index in [0.29, 0.717) is 41.8 Å². The first-order chi connectivity index (χ1) is 13.1. The molecule has 27 heavy (non-hydrogen) atoms. The van der Waals surface area contributed by atoms with Crippen LogP contribution >= 0.6 is 0 Å². The molecular weight excluding hydrogens is 346 g/mol. The molecular formula is C19H21N5O3. The Bertz CT molecular complexity index is 911. The highest BCUT2D eigenvalue weighted by Crippen LogP contribution is 2.22. The summed E-state index contributed by atoms with van der Waals surface area (Å²) in [6, 6.07) is 9.56. The third-order valence-electron chi connectivity index (χ3n) is 3.95. The van der Waals surface area contributed by atoms with E-state index in [4.69, 9.17) is 9.26 Å². The maximum Gasteiger partial charge on any atom is 0.257 e. The van der Waals surface area contributed by atoms with E-state index in [1.807, 2.05) is 30.3 Å². The number of benzene rings is 1. The normalized spacial score (nSPS) is 10.8. The Morgan fingerprint density at radius 1 is 1.22 bits per heavy atom. The summed E-state index contributed by atoms with van der Waals surface area (Å²) in [4.78, 5) is 27.4. The largest absolute Gasteiger partial charge is 0.384 e. The quantitative estimate of drug-likeness (QED) is 0.632. The molecule has 8 nitrogen and oxygen atoms in total. The van der Waals surface area contributed by atoms with Crippen LogP contribution in [0.1, 0.15) is 27.9 Å². The van der Waals surface area contributed by atoms with Crippen LogP contribution in [0.4, 0.5) is 0 Å². The van der Waals surface area contributed by atoms with Crippen LogP contribution in [0.2, 0.25) is 0 Å². The third kappa shape index (κ3) is 4.53. The molecule has 1 amide bonds. The van der Waals surface area contributed by atoms with E-state index >= 15 is 0 Å². The highest BCUT2D eigenvalue weighted by molar-refractivity contribution is 5.99. The first-order valence-corrected chi connectivity index (χ1v) is 8.53. The second kappa shape index (κ2) is 8.50. The fraction of sp³-hybridized carbons (Fsp3) is 0.316. The van der Waals surface area contributed by atoms with Crippen LogP contribution in [0.15, 0.2) is 41.1 Å². The number of hydrogen-bond acceptors (Lipinski definition) is 7. The van der Waals surface area contributed by atoms with Crippen LogP contribution in [-0.4, -0.2) is 51.7 Å². The van der Waals surface area contributed by atoms with Crippen molar-refractivity contribution in [3.63, 3.8) is 0 Å². The molecule has 0 radical (unpaired) electrons. The molecule has 0 saturated carbocycles. The Labute approximate surface area is 157 Å². The molecule has 0 spiro atoms. The van der Waals surface area contributed by atoms with Crippen molar-refractivity contribution in [3.05, 3.63) is 59.6 Å². The lowest BCUT2D eigenvalue weighted by molar-refractivity contribution is 0.0769. The van der Waals surface area contributed by atoms with Gasteiger partial charge in [0.1, 0.15) is 5.82 Å². The lowest BCUT2D eigenvalue weighted by Crippen LogP contribution is -2.27. The van der Waals surface area contributed by atoms with Crippen molar-refractivity contribution in [3.8, 4) is 11.3 Å². The first-order valence-electron chi connectivity index (χ1n) is 8.53. The minimum Gasteiger partial charge on any atom is -0.384 e. The van der Waals surface area contributed by atoms with Crippen LogP contribution < -0.4 is 0 Å². The van der Waals surface area contributed by atoms with Gasteiger partial charge < -0.3 is 14.2 Å². The van der Waals surface area contributed by atoms with Crippen LogP contribution in [0.25, 0.3) is 11.3 Å². The van der Waals surface area contributed by atoms with Gasteiger partial charge in [0, 0.05) is 32.3 Å². The summed E-state index contributed by atoms with van der Waals surface area (Å²) < 4.78 is 10.2. The molecule has 2 heterocycles. The van der Waals surface area contributed by atoms with Crippen LogP contribution in [-0.2, 0) is 17.7 Å². The SMILES string of the molecule is COCCc1noc(CN(C)C(=O)c2cnc(C)nc2-c2ccccc2)n1. The number of aryl methyl sites for hydroxylation is 1. The third-order valence-corrected chi connectivity index (χ3v) is 3.95. The Morgan fingerprint density at radius 2 is 2.00 bits per heavy atom. The van der Waals surface area contributed by atoms with Crippen molar-refractivity contribution in [1.29, 1.82) is 0 Å². The van der Waals surface area contributed by atoms with Crippen molar-refractivity contribution >= 4 is 5.91 Å². The second-order valence-electron chi connectivity index (χ2n) is 6.05. The van der Waals surface area contributed by atoms with Crippen molar-refractivity contribution < 1.29 is 14.1 Å². The fourth-order valence-corrected chi connectivity index (χ4v) is 2.57. The van der Waals surface area contributed by atoms with Crippen molar-refractivity contribution in [2.75, 3.05) is 20.8 Å². The summed E-state index contributed by atoms with van der Waals surface area (Å²) in [5.41, 5.74) is 1.89. The number of methoxy groups -OCH3 is 1. The predicted octanol–water partition coefficient (Wildman–Crippen LogP) is 2.30. The Morgan fingerprint density at radius 3 is 2.74 bits per heavy atom. The predicted molar refractivity (Wildman–Crippen MR) is 97.9 cm³/mol. The van der Waals surface area contributed by atoms with Crippen LogP contribution in [0.3, 0.4) is 0 Å². The number of carbonyl (C=O) groups excluding carboxylic acids is 1. The zero-order valence-corrected chi connectivity index (χ0v) is 15.5. The summed E-state index contributed by atoms with van der Waals surface area (Å²) in [6.07, 6.45) is 2.11. The summed E-state index contributed by atoms with van der Waals surface area (Å²) in [6.45, 7) is 2.50. The topological polar surface area (TPSA) is 94.2 Å². The van der Waals surface area contributed by atoms with Gasteiger partial charge in [-0.1, -0.05) is 35.5 Å². The molecule has 140 valence electrons. The molecule has 0 bridgehead atoms. The zero-order valence-electron chi connectivity index (χ0n) is 15.5. The number of rotatable bonds is 7. The molecule has 2 aromatic heterocycles. The maximum absolute atomic E-state index is 13.0. The van der Waals surface area contributed by atoms with Gasteiger partial charge in [0.2, 0.25) is 5.89 Å². The van der Waals surface area contributed by atoms with Crippen LogP contribution in [0, 0.1) is 6.92 Å². The minimum absolute atomic E-state index is 0.195. The Balaban J connectivity index is 1.80. The van der Waals surface area contributed by atoms with E-state index in [9.17, 15) is 4.79 Å². The van der Waals surface area contributed by atoms with Gasteiger partial charge in [0.15, 0.2) is 5.82 Å². The number of nitrogens with zero attached hydrogens (tertiary/aromatic N) is 5. The molecule has 3 aromatic rings. The lowest BCUT2D eigenvalue weighted by atomic mass is 10.1. The number of carbonyl (C=O) groups is 1. The van der Waals surface area contributed by atoms with Gasteiger partial charge in [-0.05, 0) is 6.92 Å². The Hall–Kier alpha value is -3.13. The van der Waals surface area contributed by atoms with E-state index in [1.54, 1.807) is 27.3 Å². The van der Waals surface area contributed by atoms with E-state index in [-0.39, 0.29) is 12.5 Å². The van der Waals surface area contributed by atoms with Gasteiger partial charge in [0.25, 0.3) is 5.91 Å². The van der Waals surface area contributed by atoms with Crippen LogP contribution in [0.5, 0.6) is 0 Å². The summed E-state index contributed by atoms with van der Waals surface area (Å²) in [5, 5.41) is 3.89. The molecule has 0 aliphatic heterocycles. The molecule has 0 saturated heterocycles. The summed E-state index contributed by atoms with van der Waals surface area (Å²) >= 11 is 0. The van der Waals surface area contributed by atoms with Gasteiger partial charge in [-0.2, -0.15) is 4.98 Å². The van der Waals surface area contributed by atoms with Crippen molar-refractivity contribution in [2.45, 2.75) is 19.9 Å². The van der Waals surface area contributed by atoms with E-state index < -0.39 is 0 Å². The summed E-state index contributed by atoms with van der Waals surface area (Å²) in [5.74, 6) is 1.31. The maximum atomic E-state index is 13.0. The number of ether oxygens (including phenoxy) is 1. The van der Waals surface area contributed by atoms with E-state index in [2.05, 4.69) is 20.1 Å². The molecule has 0 fully saturated rings. The van der Waals surface area contributed by atoms with Gasteiger partial charge >= 0.3 is 0 Å². The van der Waals surface area contributed by atoms with Gasteiger partial charge in [-0.3, -0.25) is 4.79 Å². The lowest BCUT2D eigenvalue weighted by Gasteiger charge is -2.17. The van der Waals surface area contributed by atoms with Crippen molar-refractivity contribution in [1.82, 2.24) is 25.0 Å². The van der Waals surface area contributed by atoms with Gasteiger partial charge in [0.05, 0.1) is 24.4 Å². The van der Waals surface area contributed by atoms with Crippen molar-refractivity contribution in [2.24, 2.45) is 0 Å². The molecule has 0 atom stereocenters. The second-order valence-corrected chi connectivity index (χ2v) is 6.05. The minimum atomic E-state index is -0.217. The molecule has 3 rings (SSSR count). The average Bonchev–Trinajstić information content (AvgIpc) is 3.13. The number of hydrogen-bond donors (Lipinski definition) is 0. The molecule has 0 N–H and O–H groups in total. The molecule has 8 heteroatoms. The Kier molecular flexibility index (Phi) is 5.87. The monoisotopic (exact) mass is 367 g/mol. The highest BCUT2D eigenvalue weighted by atomic mass is 16.5. The van der Waals surface area contributed by atoms with E-state index in [0.717, 1.165) is 5.56 Å². The average molecular weight is 367 g/mol. The molecule has 0 aliphatic carbocycles. The van der Waals surface area contributed by atoms with Gasteiger partial charge in [-0.15, -0.1) is 0 Å².